The van der Waals surface area contributed by atoms with Crippen LogP contribution < -0.4 is 0 Å². The third-order valence-corrected chi connectivity index (χ3v) is 6.54. The molecule has 0 unspecified atom stereocenters. The first-order chi connectivity index (χ1) is 14.8. The molecule has 0 atom stereocenters. The van der Waals surface area contributed by atoms with Crippen molar-refractivity contribution in [2.75, 3.05) is 13.1 Å². The number of rotatable bonds is 26. The largest absolute Gasteiger partial charge is 0.314 e. The van der Waals surface area contributed by atoms with E-state index in [-0.39, 0.29) is 0 Å². The molecular weight excluding hydrogens is 366 g/mol. The fourth-order valence-corrected chi connectivity index (χ4v) is 4.38. The summed E-state index contributed by atoms with van der Waals surface area (Å²) in [5, 5.41) is 11.6. The summed E-state index contributed by atoms with van der Waals surface area (Å²) in [6, 6.07) is 0. The van der Waals surface area contributed by atoms with Crippen molar-refractivity contribution in [3.8, 4) is 0 Å². The Bertz CT molecular complexity index is 266. The highest BCUT2D eigenvalue weighted by Crippen LogP contribution is 2.13. The van der Waals surface area contributed by atoms with Crippen molar-refractivity contribution in [2.45, 2.75) is 168 Å². The van der Waals surface area contributed by atoms with Crippen LogP contribution in [0.3, 0.4) is 0 Å². The van der Waals surface area contributed by atoms with Gasteiger partial charge in [0.1, 0.15) is 0 Å². The normalized spacial score (nSPS) is 11.6. The summed E-state index contributed by atoms with van der Waals surface area (Å²) in [7, 11) is 0. The summed E-state index contributed by atoms with van der Waals surface area (Å²) in [5.41, 5.74) is 0. The standard InChI is InChI=1S/C28H59NO/c1-3-5-7-9-11-13-15-17-19-21-23-25-27-29(30)28-26-24-22-20-18-16-14-12-10-8-6-4-2/h30H,3-28H2,1-2H3. The summed E-state index contributed by atoms with van der Waals surface area (Å²) in [6.45, 7) is 6.32. The second-order valence-corrected chi connectivity index (χ2v) is 9.73. The first-order valence-corrected chi connectivity index (χ1v) is 14.2. The molecule has 30 heavy (non-hydrogen) atoms. The van der Waals surface area contributed by atoms with Crippen molar-refractivity contribution in [3.05, 3.63) is 0 Å². The van der Waals surface area contributed by atoms with Crippen LogP contribution >= 0.6 is 0 Å². The molecule has 0 aliphatic rings. The predicted octanol–water partition coefficient (Wildman–Crippen LogP) is 10.1. The molecule has 0 spiro atoms. The third kappa shape index (κ3) is 26.0. The van der Waals surface area contributed by atoms with Crippen LogP contribution in [0.2, 0.25) is 0 Å². The predicted molar refractivity (Wildman–Crippen MR) is 136 cm³/mol. The molecular formula is C28H59NO. The molecule has 0 radical (unpaired) electrons. The summed E-state index contributed by atoms with van der Waals surface area (Å²) < 4.78 is 0. The minimum Gasteiger partial charge on any atom is -0.314 e. The van der Waals surface area contributed by atoms with Crippen molar-refractivity contribution in [2.24, 2.45) is 0 Å². The molecule has 0 aromatic carbocycles. The molecule has 2 nitrogen and oxygen atoms in total. The van der Waals surface area contributed by atoms with Crippen molar-refractivity contribution in [1.29, 1.82) is 0 Å². The van der Waals surface area contributed by atoms with E-state index in [1.54, 1.807) is 5.06 Å². The quantitative estimate of drug-likeness (QED) is 0.110. The van der Waals surface area contributed by atoms with E-state index in [0.29, 0.717) is 0 Å². The van der Waals surface area contributed by atoms with Crippen LogP contribution in [-0.4, -0.2) is 23.4 Å². The topological polar surface area (TPSA) is 23.5 Å². The maximum absolute atomic E-state index is 10.0. The highest BCUT2D eigenvalue weighted by molar-refractivity contribution is 4.53. The Morgan fingerprint density at radius 1 is 0.333 bits per heavy atom. The molecule has 2 heteroatoms. The Labute approximate surface area is 191 Å². The van der Waals surface area contributed by atoms with Gasteiger partial charge in [-0.05, 0) is 12.8 Å². The van der Waals surface area contributed by atoms with Crippen LogP contribution in [0.4, 0.5) is 0 Å². The molecule has 0 saturated carbocycles. The maximum Gasteiger partial charge on any atom is 0.0238 e. The average molecular weight is 426 g/mol. The van der Waals surface area contributed by atoms with E-state index < -0.39 is 0 Å². The van der Waals surface area contributed by atoms with Crippen molar-refractivity contribution in [3.63, 3.8) is 0 Å². The number of hydrogen-bond donors (Lipinski definition) is 1. The van der Waals surface area contributed by atoms with Gasteiger partial charge in [0.05, 0.1) is 0 Å². The van der Waals surface area contributed by atoms with Gasteiger partial charge in [0.2, 0.25) is 0 Å². The number of hydroxylamine groups is 2. The van der Waals surface area contributed by atoms with E-state index >= 15 is 0 Å². The fourth-order valence-electron chi connectivity index (χ4n) is 4.38. The lowest BCUT2D eigenvalue weighted by Crippen LogP contribution is -2.21. The second-order valence-electron chi connectivity index (χ2n) is 9.73. The van der Waals surface area contributed by atoms with E-state index in [2.05, 4.69) is 13.8 Å². The van der Waals surface area contributed by atoms with Crippen LogP contribution in [0.25, 0.3) is 0 Å². The molecule has 0 amide bonds. The molecule has 182 valence electrons. The zero-order valence-electron chi connectivity index (χ0n) is 21.3. The lowest BCUT2D eigenvalue weighted by molar-refractivity contribution is -0.0925. The van der Waals surface area contributed by atoms with Crippen LogP contribution in [0.5, 0.6) is 0 Å². The first kappa shape index (κ1) is 29.9. The van der Waals surface area contributed by atoms with Crippen LogP contribution in [0, 0.1) is 0 Å². The maximum atomic E-state index is 10.0. The van der Waals surface area contributed by atoms with Gasteiger partial charge in [0.25, 0.3) is 0 Å². The Morgan fingerprint density at radius 2 is 0.533 bits per heavy atom. The van der Waals surface area contributed by atoms with E-state index in [1.165, 1.54) is 141 Å². The highest BCUT2D eigenvalue weighted by Gasteiger charge is 2.01. The van der Waals surface area contributed by atoms with Gasteiger partial charge < -0.3 is 5.21 Å². The fraction of sp³-hybridized carbons (Fsp3) is 1.00. The number of nitrogens with zero attached hydrogens (tertiary/aromatic N) is 1. The SMILES string of the molecule is CCCCCCCCCCCCCCN(O)CCCCCCCCCCCCCC. The Balaban J connectivity index is 3.13. The monoisotopic (exact) mass is 425 g/mol. The number of hydrogen-bond acceptors (Lipinski definition) is 2. The van der Waals surface area contributed by atoms with E-state index in [0.717, 1.165) is 25.9 Å². The van der Waals surface area contributed by atoms with Gasteiger partial charge in [0.15, 0.2) is 0 Å². The molecule has 0 aromatic rings. The summed E-state index contributed by atoms with van der Waals surface area (Å²) >= 11 is 0. The summed E-state index contributed by atoms with van der Waals surface area (Å²) in [5.74, 6) is 0. The van der Waals surface area contributed by atoms with Gasteiger partial charge in [-0.3, -0.25) is 0 Å². The minimum absolute atomic E-state index is 0.870. The van der Waals surface area contributed by atoms with Crippen LogP contribution in [0.1, 0.15) is 168 Å². The Hall–Kier alpha value is -0.0800. The smallest absolute Gasteiger partial charge is 0.0238 e. The van der Waals surface area contributed by atoms with E-state index in [9.17, 15) is 5.21 Å². The molecule has 0 rings (SSSR count). The van der Waals surface area contributed by atoms with E-state index in [1.807, 2.05) is 0 Å². The van der Waals surface area contributed by atoms with Crippen molar-refractivity contribution in [1.82, 2.24) is 5.06 Å². The summed E-state index contributed by atoms with van der Waals surface area (Å²) in [4.78, 5) is 0. The Kier molecular flexibility index (Phi) is 26.9. The average Bonchev–Trinajstić information content (AvgIpc) is 2.75. The molecule has 0 bridgehead atoms. The molecule has 1 N–H and O–H groups in total. The van der Waals surface area contributed by atoms with Gasteiger partial charge in [-0.15, -0.1) is 0 Å². The zero-order chi connectivity index (χ0) is 22.0. The molecule has 0 saturated heterocycles. The second kappa shape index (κ2) is 27.0. The van der Waals surface area contributed by atoms with Gasteiger partial charge in [-0.1, -0.05) is 155 Å². The van der Waals surface area contributed by atoms with Crippen LogP contribution in [0.15, 0.2) is 0 Å². The minimum atomic E-state index is 0.870. The first-order valence-electron chi connectivity index (χ1n) is 14.2. The van der Waals surface area contributed by atoms with Gasteiger partial charge in [0, 0.05) is 13.1 Å². The molecule has 0 aliphatic carbocycles. The molecule has 0 aromatic heterocycles. The summed E-state index contributed by atoms with van der Waals surface area (Å²) in [6.07, 6.45) is 33.1. The Morgan fingerprint density at radius 3 is 0.767 bits per heavy atom. The lowest BCUT2D eigenvalue weighted by Gasteiger charge is -2.14. The molecule has 0 heterocycles. The lowest BCUT2D eigenvalue weighted by atomic mass is 10.1. The third-order valence-electron chi connectivity index (χ3n) is 6.54. The zero-order valence-corrected chi connectivity index (χ0v) is 21.3. The van der Waals surface area contributed by atoms with Gasteiger partial charge in [-0.25, -0.2) is 0 Å². The molecule has 0 aliphatic heterocycles. The number of unbranched alkanes of at least 4 members (excludes halogenated alkanes) is 22. The highest BCUT2D eigenvalue weighted by atomic mass is 16.5. The van der Waals surface area contributed by atoms with Gasteiger partial charge in [-0.2, -0.15) is 5.06 Å². The van der Waals surface area contributed by atoms with E-state index in [4.69, 9.17) is 0 Å². The van der Waals surface area contributed by atoms with Crippen LogP contribution in [-0.2, 0) is 0 Å². The molecule has 0 fully saturated rings. The van der Waals surface area contributed by atoms with Crippen molar-refractivity contribution < 1.29 is 5.21 Å². The van der Waals surface area contributed by atoms with Gasteiger partial charge >= 0.3 is 0 Å². The van der Waals surface area contributed by atoms with Crippen molar-refractivity contribution >= 4 is 0 Å².